The Morgan fingerprint density at radius 2 is 2.09 bits per heavy atom. The Bertz CT molecular complexity index is 710. The number of carbonyl (C=O) groups is 2. The van der Waals surface area contributed by atoms with Crippen LogP contribution in [-0.2, 0) is 16.1 Å². The van der Waals surface area contributed by atoms with Gasteiger partial charge in [-0.15, -0.1) is 0 Å². The Morgan fingerprint density at radius 3 is 2.74 bits per heavy atom. The van der Waals surface area contributed by atoms with Crippen LogP contribution in [0.2, 0.25) is 0 Å². The van der Waals surface area contributed by atoms with Gasteiger partial charge in [-0.25, -0.2) is 4.68 Å². The third-order valence-electron chi connectivity index (χ3n) is 4.14. The minimum Gasteiger partial charge on any atom is -0.345 e. The summed E-state index contributed by atoms with van der Waals surface area (Å²) in [7, 11) is 3.50. The predicted octanol–water partition coefficient (Wildman–Crippen LogP) is 1.31. The van der Waals surface area contributed by atoms with Crippen molar-refractivity contribution in [1.29, 1.82) is 0 Å². The molecule has 23 heavy (non-hydrogen) atoms. The third-order valence-corrected chi connectivity index (χ3v) is 4.14. The molecule has 2 heterocycles. The summed E-state index contributed by atoms with van der Waals surface area (Å²) in [4.78, 5) is 27.3. The van der Waals surface area contributed by atoms with Gasteiger partial charge in [0.1, 0.15) is 0 Å². The molecule has 2 amide bonds. The number of aromatic nitrogens is 2. The van der Waals surface area contributed by atoms with Crippen molar-refractivity contribution in [2.24, 2.45) is 5.92 Å². The van der Waals surface area contributed by atoms with Crippen LogP contribution < -0.4 is 0 Å². The molecular formula is C17H20N4O2. The van der Waals surface area contributed by atoms with Crippen LogP contribution in [0.15, 0.2) is 42.7 Å². The van der Waals surface area contributed by atoms with E-state index < -0.39 is 0 Å². The number of amides is 2. The highest BCUT2D eigenvalue weighted by Gasteiger charge is 2.33. The normalized spacial score (nSPS) is 17.6. The summed E-state index contributed by atoms with van der Waals surface area (Å²) < 4.78 is 1.79. The van der Waals surface area contributed by atoms with Crippen LogP contribution in [0.3, 0.4) is 0 Å². The first-order valence-electron chi connectivity index (χ1n) is 7.62. The van der Waals surface area contributed by atoms with E-state index in [2.05, 4.69) is 5.10 Å². The Kier molecular flexibility index (Phi) is 4.14. The van der Waals surface area contributed by atoms with Crippen LogP contribution in [0.5, 0.6) is 0 Å². The van der Waals surface area contributed by atoms with Crippen LogP contribution in [-0.4, -0.2) is 52.0 Å². The van der Waals surface area contributed by atoms with E-state index in [9.17, 15) is 9.59 Å². The summed E-state index contributed by atoms with van der Waals surface area (Å²) >= 11 is 0. The van der Waals surface area contributed by atoms with Gasteiger partial charge in [-0.05, 0) is 12.1 Å². The molecule has 0 N–H and O–H groups in total. The molecular weight excluding hydrogens is 292 g/mol. The van der Waals surface area contributed by atoms with Gasteiger partial charge in [-0.3, -0.25) is 9.59 Å². The average Bonchev–Trinajstić information content (AvgIpc) is 3.15. The van der Waals surface area contributed by atoms with Crippen molar-refractivity contribution in [2.45, 2.75) is 13.0 Å². The summed E-state index contributed by atoms with van der Waals surface area (Å²) in [6.07, 6.45) is 4.00. The highest BCUT2D eigenvalue weighted by molar-refractivity contribution is 5.89. The van der Waals surface area contributed by atoms with Crippen LogP contribution in [0.1, 0.15) is 12.0 Å². The quantitative estimate of drug-likeness (QED) is 0.855. The molecule has 0 unspecified atom stereocenters. The molecule has 1 saturated heterocycles. The molecule has 120 valence electrons. The minimum absolute atomic E-state index is 0.00941. The maximum atomic E-state index is 12.4. The van der Waals surface area contributed by atoms with Gasteiger partial charge >= 0.3 is 0 Å². The average molecular weight is 312 g/mol. The smallest absolute Gasteiger partial charge is 0.228 e. The number of benzene rings is 1. The number of rotatable bonds is 4. The number of nitrogens with zero attached hydrogens (tertiary/aromatic N) is 4. The fraction of sp³-hybridized carbons (Fsp3) is 0.353. The third kappa shape index (κ3) is 3.26. The maximum Gasteiger partial charge on any atom is 0.228 e. The monoisotopic (exact) mass is 312 g/mol. The van der Waals surface area contributed by atoms with Crippen LogP contribution in [0.4, 0.5) is 0 Å². The molecule has 6 heteroatoms. The first-order valence-corrected chi connectivity index (χ1v) is 7.62. The number of carbonyl (C=O) groups excluding carboxylic acids is 2. The second kappa shape index (κ2) is 6.24. The highest BCUT2D eigenvalue weighted by atomic mass is 16.2. The van der Waals surface area contributed by atoms with Gasteiger partial charge in [-0.2, -0.15) is 5.10 Å². The zero-order valence-corrected chi connectivity index (χ0v) is 13.3. The van der Waals surface area contributed by atoms with Gasteiger partial charge in [0.2, 0.25) is 11.8 Å². The molecule has 0 spiro atoms. The molecule has 0 aliphatic carbocycles. The van der Waals surface area contributed by atoms with E-state index in [1.54, 1.807) is 34.8 Å². The second-order valence-corrected chi connectivity index (χ2v) is 6.00. The SMILES string of the molecule is CN1C[C@@H](C(=O)N(C)Cc2cnn(-c3ccccc3)c2)CC1=O. The molecule has 1 fully saturated rings. The molecule has 0 bridgehead atoms. The van der Waals surface area contributed by atoms with E-state index in [0.29, 0.717) is 19.5 Å². The van der Waals surface area contributed by atoms with Crippen LogP contribution >= 0.6 is 0 Å². The minimum atomic E-state index is -0.235. The standard InChI is InChI=1S/C17H20N4O2/c1-19-12-14(8-16(19)22)17(23)20(2)10-13-9-18-21(11-13)15-6-4-3-5-7-15/h3-7,9,11,14H,8,10,12H2,1-2H3/t14-/m0/s1. The Labute approximate surface area is 135 Å². The molecule has 1 atom stereocenters. The summed E-state index contributed by atoms with van der Waals surface area (Å²) in [5.74, 6) is -0.189. The zero-order chi connectivity index (χ0) is 16.4. The first kappa shape index (κ1) is 15.3. The van der Waals surface area contributed by atoms with E-state index in [-0.39, 0.29) is 17.7 Å². The highest BCUT2D eigenvalue weighted by Crippen LogP contribution is 2.19. The number of hydrogen-bond acceptors (Lipinski definition) is 3. The van der Waals surface area contributed by atoms with Crippen molar-refractivity contribution >= 4 is 11.8 Å². The maximum absolute atomic E-state index is 12.4. The molecule has 0 radical (unpaired) electrons. The van der Waals surface area contributed by atoms with Gasteiger partial charge in [0.05, 0.1) is 17.8 Å². The lowest BCUT2D eigenvalue weighted by Gasteiger charge is -2.20. The summed E-state index contributed by atoms with van der Waals surface area (Å²) in [6.45, 7) is 0.991. The fourth-order valence-corrected chi connectivity index (χ4v) is 2.86. The van der Waals surface area contributed by atoms with Crippen molar-refractivity contribution in [2.75, 3.05) is 20.6 Å². The van der Waals surface area contributed by atoms with E-state index in [1.165, 1.54) is 0 Å². The molecule has 1 aliphatic heterocycles. The van der Waals surface area contributed by atoms with Crippen molar-refractivity contribution in [3.63, 3.8) is 0 Å². The molecule has 0 saturated carbocycles. The summed E-state index contributed by atoms with van der Waals surface area (Å²) in [5.41, 5.74) is 1.94. The van der Waals surface area contributed by atoms with Crippen molar-refractivity contribution in [3.8, 4) is 5.69 Å². The van der Waals surface area contributed by atoms with Gasteiger partial charge in [0.25, 0.3) is 0 Å². The van der Waals surface area contributed by atoms with Gasteiger partial charge in [-0.1, -0.05) is 18.2 Å². The van der Waals surface area contributed by atoms with Crippen LogP contribution in [0.25, 0.3) is 5.69 Å². The topological polar surface area (TPSA) is 58.4 Å². The summed E-state index contributed by atoms with van der Waals surface area (Å²) in [5, 5.41) is 4.34. The predicted molar refractivity (Wildman–Crippen MR) is 85.8 cm³/mol. The molecule has 2 aromatic rings. The van der Waals surface area contributed by atoms with E-state index >= 15 is 0 Å². The Hall–Kier alpha value is -2.63. The zero-order valence-electron chi connectivity index (χ0n) is 13.3. The Balaban J connectivity index is 1.64. The number of likely N-dealkylation sites (tertiary alicyclic amines) is 1. The van der Waals surface area contributed by atoms with E-state index in [0.717, 1.165) is 11.3 Å². The van der Waals surface area contributed by atoms with Gasteiger partial charge in [0.15, 0.2) is 0 Å². The van der Waals surface area contributed by atoms with Crippen molar-refractivity contribution < 1.29 is 9.59 Å². The second-order valence-electron chi connectivity index (χ2n) is 6.00. The van der Waals surface area contributed by atoms with Crippen molar-refractivity contribution in [1.82, 2.24) is 19.6 Å². The molecule has 3 rings (SSSR count). The molecule has 1 aromatic heterocycles. The lowest BCUT2D eigenvalue weighted by molar-refractivity contribution is -0.135. The Morgan fingerprint density at radius 1 is 1.35 bits per heavy atom. The van der Waals surface area contributed by atoms with E-state index in [1.807, 2.05) is 36.5 Å². The van der Waals surface area contributed by atoms with Crippen LogP contribution in [0, 0.1) is 5.92 Å². The van der Waals surface area contributed by atoms with E-state index in [4.69, 9.17) is 0 Å². The summed E-state index contributed by atoms with van der Waals surface area (Å²) in [6, 6.07) is 9.83. The molecule has 6 nitrogen and oxygen atoms in total. The molecule has 1 aromatic carbocycles. The largest absolute Gasteiger partial charge is 0.345 e. The number of hydrogen-bond donors (Lipinski definition) is 0. The fourth-order valence-electron chi connectivity index (χ4n) is 2.86. The number of para-hydroxylation sites is 1. The molecule has 1 aliphatic rings. The lowest BCUT2D eigenvalue weighted by atomic mass is 10.1. The van der Waals surface area contributed by atoms with Crippen molar-refractivity contribution in [3.05, 3.63) is 48.3 Å². The lowest BCUT2D eigenvalue weighted by Crippen LogP contribution is -2.33. The first-order chi connectivity index (χ1) is 11.0. The van der Waals surface area contributed by atoms with Gasteiger partial charge in [0, 0.05) is 45.4 Å². The van der Waals surface area contributed by atoms with Gasteiger partial charge < -0.3 is 9.80 Å².